The molecule has 38 heavy (non-hydrogen) atoms. The Labute approximate surface area is 223 Å². The maximum Gasteiger partial charge on any atom is 0.336 e. The van der Waals surface area contributed by atoms with E-state index in [1.165, 1.54) is 42.5 Å². The van der Waals surface area contributed by atoms with Gasteiger partial charge in [-0.05, 0) is 49.4 Å². The Morgan fingerprint density at radius 2 is 0.921 bits per heavy atom. The van der Waals surface area contributed by atoms with Crippen LogP contribution in [0.15, 0.2) is 65.1 Å². The van der Waals surface area contributed by atoms with Gasteiger partial charge in [0.2, 0.25) is 17.7 Å². The lowest BCUT2D eigenvalue weighted by Gasteiger charge is -2.02. The monoisotopic (exact) mass is 587 g/mol. The number of benzene rings is 3. The van der Waals surface area contributed by atoms with Gasteiger partial charge < -0.3 is 32.5 Å². The van der Waals surface area contributed by atoms with Crippen LogP contribution in [-0.4, -0.2) is 50.9 Å². The minimum atomic E-state index is -1.17. The lowest BCUT2D eigenvalue weighted by molar-refractivity contribution is 0.0683. The third-order valence-electron chi connectivity index (χ3n) is 4.57. The Balaban J connectivity index is 0.000000285. The zero-order valence-corrected chi connectivity index (χ0v) is 21.3. The van der Waals surface area contributed by atoms with Crippen molar-refractivity contribution >= 4 is 51.6 Å². The zero-order chi connectivity index (χ0) is 29.2. The molecule has 0 spiro atoms. The number of hydrogen-bond donors (Lipinski definition) is 6. The van der Waals surface area contributed by atoms with Gasteiger partial charge in [0.1, 0.15) is 0 Å². The summed E-state index contributed by atoms with van der Waals surface area (Å²) in [5.41, 5.74) is 15.6. The van der Waals surface area contributed by atoms with Crippen molar-refractivity contribution in [3.63, 3.8) is 0 Å². The fourth-order valence-electron chi connectivity index (χ4n) is 2.84. The summed E-state index contributed by atoms with van der Waals surface area (Å²) in [5, 5.41) is 26.0. The third kappa shape index (κ3) is 8.87. The molecular weight excluding hydrogens is 566 g/mol. The molecule has 3 amide bonds. The highest BCUT2D eigenvalue weighted by Crippen LogP contribution is 2.16. The summed E-state index contributed by atoms with van der Waals surface area (Å²) in [6.45, 7) is 1.75. The summed E-state index contributed by atoms with van der Waals surface area (Å²) in [7, 11) is 0. The summed E-state index contributed by atoms with van der Waals surface area (Å²) in [4.78, 5) is 64.1. The van der Waals surface area contributed by atoms with Crippen LogP contribution in [0, 0.1) is 6.92 Å². The van der Waals surface area contributed by atoms with Gasteiger partial charge in [-0.2, -0.15) is 0 Å². The number of amides is 3. The Bertz CT molecular complexity index is 1310. The SMILES string of the molecule is Cc1ccc(C(N)=O)c(C(=O)O)c1.NC(=O)c1ccc(Br)cc1C(=O)O.NC(=O)c1ccccc1C(=O)O. The number of carboxylic acids is 3. The summed E-state index contributed by atoms with van der Waals surface area (Å²) in [6, 6.07) is 14.6. The Kier molecular flexibility index (Phi) is 11.3. The van der Waals surface area contributed by atoms with E-state index >= 15 is 0 Å². The summed E-state index contributed by atoms with van der Waals surface area (Å²) in [6.07, 6.45) is 0. The van der Waals surface area contributed by atoms with Crippen molar-refractivity contribution in [3.8, 4) is 0 Å². The van der Waals surface area contributed by atoms with Crippen LogP contribution in [0.1, 0.15) is 67.7 Å². The van der Waals surface area contributed by atoms with Crippen LogP contribution in [0.4, 0.5) is 0 Å². The number of aryl methyl sites for hydroxylation is 1. The highest BCUT2D eigenvalue weighted by molar-refractivity contribution is 9.10. The van der Waals surface area contributed by atoms with E-state index in [0.29, 0.717) is 4.47 Å². The molecule has 0 atom stereocenters. The molecule has 3 aromatic rings. The lowest BCUT2D eigenvalue weighted by atomic mass is 10.0. The van der Waals surface area contributed by atoms with Gasteiger partial charge in [-0.15, -0.1) is 0 Å². The number of hydrogen-bond acceptors (Lipinski definition) is 6. The van der Waals surface area contributed by atoms with Crippen LogP contribution >= 0.6 is 15.9 Å². The molecule has 12 nitrogen and oxygen atoms in total. The molecule has 0 aliphatic carbocycles. The molecule has 0 saturated carbocycles. The number of halogens is 1. The van der Waals surface area contributed by atoms with Gasteiger partial charge in [-0.1, -0.05) is 39.7 Å². The number of carbonyl (C=O) groups is 6. The molecule has 0 saturated heterocycles. The fourth-order valence-corrected chi connectivity index (χ4v) is 3.20. The quantitative estimate of drug-likeness (QED) is 0.247. The predicted octanol–water partition coefficient (Wildman–Crippen LogP) is 2.52. The topological polar surface area (TPSA) is 241 Å². The van der Waals surface area contributed by atoms with E-state index in [2.05, 4.69) is 15.9 Å². The first-order chi connectivity index (χ1) is 17.7. The average Bonchev–Trinajstić information content (AvgIpc) is 2.84. The van der Waals surface area contributed by atoms with Crippen molar-refractivity contribution in [3.05, 3.63) is 104 Å². The van der Waals surface area contributed by atoms with E-state index in [9.17, 15) is 28.8 Å². The molecule has 0 aliphatic rings. The molecule has 0 unspecified atom stereocenters. The second kappa shape index (κ2) is 13.9. The van der Waals surface area contributed by atoms with Crippen LogP contribution in [0.5, 0.6) is 0 Å². The largest absolute Gasteiger partial charge is 0.478 e. The van der Waals surface area contributed by atoms with Crippen molar-refractivity contribution in [1.82, 2.24) is 0 Å². The third-order valence-corrected chi connectivity index (χ3v) is 5.06. The number of aromatic carboxylic acids is 3. The molecule has 3 aromatic carbocycles. The number of primary amides is 3. The highest BCUT2D eigenvalue weighted by atomic mass is 79.9. The van der Waals surface area contributed by atoms with E-state index in [1.807, 2.05) is 0 Å². The Morgan fingerprint density at radius 1 is 0.553 bits per heavy atom. The fraction of sp³-hybridized carbons (Fsp3) is 0.0400. The van der Waals surface area contributed by atoms with E-state index in [0.717, 1.165) is 5.56 Å². The molecule has 0 fully saturated rings. The van der Waals surface area contributed by atoms with Gasteiger partial charge >= 0.3 is 17.9 Å². The number of carboxylic acid groups (broad SMARTS) is 3. The maximum atomic E-state index is 10.8. The van der Waals surface area contributed by atoms with Gasteiger partial charge in [0, 0.05) is 4.47 Å². The Morgan fingerprint density at radius 3 is 1.32 bits per heavy atom. The highest BCUT2D eigenvalue weighted by Gasteiger charge is 2.15. The number of carbonyl (C=O) groups excluding carboxylic acids is 3. The second-order valence-electron chi connectivity index (χ2n) is 7.29. The summed E-state index contributed by atoms with van der Waals surface area (Å²) in [5.74, 6) is -5.66. The van der Waals surface area contributed by atoms with Crippen molar-refractivity contribution in [2.45, 2.75) is 6.92 Å². The van der Waals surface area contributed by atoms with E-state index < -0.39 is 35.6 Å². The van der Waals surface area contributed by atoms with Gasteiger partial charge in [0.05, 0.1) is 33.4 Å². The first-order valence-electron chi connectivity index (χ1n) is 10.3. The molecule has 13 heteroatoms. The van der Waals surface area contributed by atoms with Gasteiger partial charge in [0.15, 0.2) is 0 Å². The minimum absolute atomic E-state index is 0.00991. The molecule has 3 rings (SSSR count). The zero-order valence-electron chi connectivity index (χ0n) is 19.7. The number of rotatable bonds is 6. The summed E-state index contributed by atoms with van der Waals surface area (Å²) >= 11 is 3.10. The standard InChI is InChI=1S/C9H9NO3.C8H6BrNO3.C8H7NO3/c1-5-2-3-6(8(10)11)7(4-5)9(12)13;9-4-1-2-5(7(10)11)6(3-4)8(12)13;9-7(10)5-3-1-2-4-6(5)8(11)12/h2-4H,1H3,(H2,10,11)(H,12,13);1-3H,(H2,10,11)(H,12,13);1-4H,(H2,9,10)(H,11,12). The molecule has 0 aromatic heterocycles. The first-order valence-corrected chi connectivity index (χ1v) is 11.0. The van der Waals surface area contributed by atoms with Crippen molar-refractivity contribution < 1.29 is 44.1 Å². The van der Waals surface area contributed by atoms with E-state index in [-0.39, 0.29) is 33.4 Å². The van der Waals surface area contributed by atoms with Gasteiger partial charge in [-0.25, -0.2) is 14.4 Å². The normalized spacial score (nSPS) is 9.53. The Hall–Kier alpha value is -5.04. The molecule has 0 aliphatic heterocycles. The average molecular weight is 588 g/mol. The van der Waals surface area contributed by atoms with Crippen LogP contribution in [0.3, 0.4) is 0 Å². The smallest absolute Gasteiger partial charge is 0.336 e. The first kappa shape index (κ1) is 31.0. The van der Waals surface area contributed by atoms with Crippen molar-refractivity contribution in [2.24, 2.45) is 17.2 Å². The molecule has 0 radical (unpaired) electrons. The molecular formula is C25H22BrN3O9. The molecule has 9 N–H and O–H groups in total. The lowest BCUT2D eigenvalue weighted by Crippen LogP contribution is -2.16. The van der Waals surface area contributed by atoms with E-state index in [4.69, 9.17) is 32.5 Å². The molecule has 198 valence electrons. The van der Waals surface area contributed by atoms with Crippen LogP contribution < -0.4 is 17.2 Å². The summed E-state index contributed by atoms with van der Waals surface area (Å²) < 4.78 is 0.592. The number of nitrogens with two attached hydrogens (primary N) is 3. The van der Waals surface area contributed by atoms with Crippen molar-refractivity contribution in [2.75, 3.05) is 0 Å². The minimum Gasteiger partial charge on any atom is -0.478 e. The van der Waals surface area contributed by atoms with Crippen molar-refractivity contribution in [1.29, 1.82) is 0 Å². The van der Waals surface area contributed by atoms with E-state index in [1.54, 1.807) is 25.1 Å². The molecule has 0 bridgehead atoms. The molecule has 0 heterocycles. The van der Waals surface area contributed by atoms with Gasteiger partial charge in [0.25, 0.3) is 0 Å². The second-order valence-corrected chi connectivity index (χ2v) is 8.21. The predicted molar refractivity (Wildman–Crippen MR) is 138 cm³/mol. The van der Waals surface area contributed by atoms with Crippen LogP contribution in [0.25, 0.3) is 0 Å². The van der Waals surface area contributed by atoms with Crippen LogP contribution in [-0.2, 0) is 0 Å². The maximum absolute atomic E-state index is 10.8. The van der Waals surface area contributed by atoms with Crippen LogP contribution in [0.2, 0.25) is 0 Å². The van der Waals surface area contributed by atoms with Gasteiger partial charge in [-0.3, -0.25) is 14.4 Å².